The van der Waals surface area contributed by atoms with E-state index in [9.17, 15) is 43.9 Å². The molecular weight excluding hydrogens is 1940 g/mol. The molecule has 707 valence electrons. The fourth-order valence-electron chi connectivity index (χ4n) is 14.3. The summed E-state index contributed by atoms with van der Waals surface area (Å²) in [6.07, 6.45) is 14.9. The number of aromatic nitrogens is 13. The summed E-state index contributed by atoms with van der Waals surface area (Å²) in [5, 5.41) is 73.2. The van der Waals surface area contributed by atoms with Gasteiger partial charge < -0.3 is 68.6 Å². The standard InChI is InChI=1S/C23H27FN4O3.2C17H16ClN3O.C15H17NO2.C13H13NO.C6H11ClFNO2.C4H2ClIN2.C2H6.CH4.Mn.2O/c1-14-7-16(11-28(14)10-15-5-3-2-4-6-15)21(30)18-9-25-13-26-23(18)27-19-8-17(12-29)22(31)20(19)24;2*1-12-7-14(16(22)15-8-19-11-20-17(15)18)10-21(12)9-13-5-3-2-4-6-13;1-3-18-15(17)14-9-12(2)16(11-14)10-13-7-5-4-6-8-13;1-11-7-13(10-15)9-14(11)8-12-5-3-2-4-6-12;7-9-4-1-3(2-10)6(11)5(4)8;5-4-3(6)1-7-2-8-4;1-2;;;;/h2-7,9,11,13,17,19-22,29-31H,8,10,12H2,1H3,(H,25,26,27);2*2-8,10-11,16,22H,9H2,1H3;4-9,11H,3,10H2,1-2H3;2-7,9-10H,8H2,1H3;3-6,9-11H,1-2H2;1-2H;1-2H3;1H4;;;/t17-,19-,20-,21?,22-;;;;;3-,4-,5-,6-;;;;;;/m1....1....../s1/i;;;;;;;1D;;;;. The molecule has 0 aliphatic heterocycles. The van der Waals surface area contributed by atoms with E-state index in [1.165, 1.54) is 53.8 Å². The summed E-state index contributed by atoms with van der Waals surface area (Å²) >= 11 is 23.4. The van der Waals surface area contributed by atoms with Gasteiger partial charge in [-0.15, -0.1) is 0 Å². The van der Waals surface area contributed by atoms with Crippen molar-refractivity contribution in [2.45, 2.75) is 163 Å². The van der Waals surface area contributed by atoms with Crippen LogP contribution in [0.4, 0.5) is 14.6 Å². The van der Waals surface area contributed by atoms with Crippen molar-refractivity contribution < 1.29 is 82.7 Å². The number of ether oxygens (including phenoxy) is 1. The molecule has 9 heterocycles. The maximum absolute atomic E-state index is 14.5. The SMILES string of the molecule is C.CCOC(=O)c1cc(C)n(Cc2ccccc2)c1.Cc1cc(C(O)c2cncnc2Cl)cn1Cc1ccccc1.Cc1cc(C(O)c2cncnc2Cl)cn1Cc1ccccc1.Cc1cc(C(O)c2cncnc2N[C@@H]2C[C@H](CO)[C@@H](O)[C@@H]2F)cn1Cc1ccccc1.Cc1cc(C=O)cn1Cc1ccccc1.Clc1ncncc1I.OC[C@H]1C[C@@H](NCl)[C@@H](F)[C@@H]1O.[2H]CC.[O]=[Mn]=[O]. The number of anilines is 1. The minimum atomic E-state index is -1.54. The topological polar surface area (TPSA) is 371 Å². The molecule has 0 bridgehead atoms. The predicted octanol–water partition coefficient (Wildman–Crippen LogP) is 17.6. The molecule has 0 radical (unpaired) electrons. The number of carbonyl (C=O) groups excluding carboxylic acids is 2. The van der Waals surface area contributed by atoms with Crippen LogP contribution in [-0.2, 0) is 60.0 Å². The second-order valence-corrected chi connectivity index (χ2v) is 33.1. The number of halogens is 7. The van der Waals surface area contributed by atoms with E-state index in [-0.39, 0.29) is 49.3 Å². The van der Waals surface area contributed by atoms with Crippen molar-refractivity contribution in [2.75, 3.05) is 25.1 Å². The Balaban J connectivity index is 0.000000217. The third kappa shape index (κ3) is 33.1. The van der Waals surface area contributed by atoms with Gasteiger partial charge in [-0.1, -0.05) is 208 Å². The molecule has 27 nitrogen and oxygen atoms in total. The number of aliphatic hydroxyl groups is 7. The van der Waals surface area contributed by atoms with Gasteiger partial charge in [0, 0.05) is 182 Å². The van der Waals surface area contributed by atoms with Crippen LogP contribution in [0.15, 0.2) is 263 Å². The van der Waals surface area contributed by atoms with Gasteiger partial charge in [0.1, 0.15) is 77.2 Å². The van der Waals surface area contributed by atoms with Crippen LogP contribution in [0.2, 0.25) is 15.5 Å². The summed E-state index contributed by atoms with van der Waals surface area (Å²) in [5.74, 6) is -0.861. The fraction of sp³-hybridized carbons (Fsp3) is 0.306. The Morgan fingerprint density at radius 1 is 0.519 bits per heavy atom. The summed E-state index contributed by atoms with van der Waals surface area (Å²) in [4.78, 5) is 55.8. The van der Waals surface area contributed by atoms with Gasteiger partial charge in [-0.25, -0.2) is 58.3 Å². The number of carbonyl (C=O) groups is 2. The number of aldehydes is 1. The zero-order chi connectivity index (χ0) is 96.5. The molecule has 9 N–H and O–H groups in total. The van der Waals surface area contributed by atoms with E-state index in [4.69, 9.17) is 70.6 Å². The van der Waals surface area contributed by atoms with Crippen molar-refractivity contribution in [3.05, 3.63) is 383 Å². The van der Waals surface area contributed by atoms with E-state index in [2.05, 4.69) is 144 Å². The molecule has 133 heavy (non-hydrogen) atoms. The van der Waals surface area contributed by atoms with Crippen molar-refractivity contribution >= 4 is 87.2 Å². The first-order chi connectivity index (χ1) is 64.1. The average molecular weight is 2050 g/mol. The van der Waals surface area contributed by atoms with Gasteiger partial charge in [-0.05, 0) is 147 Å². The Hall–Kier alpha value is -10.7. The monoisotopic (exact) mass is 2050 g/mol. The van der Waals surface area contributed by atoms with Crippen LogP contribution in [-0.4, -0.2) is 167 Å². The molecule has 9 aromatic heterocycles. The van der Waals surface area contributed by atoms with Crippen LogP contribution in [0.3, 0.4) is 0 Å². The Kier molecular flexibility index (Phi) is 46.2. The molecular formula is C98H112Cl4F2IMnN15O12. The minimum absolute atomic E-state index is 0. The zero-order valence-electron chi connectivity index (χ0n) is 74.5. The van der Waals surface area contributed by atoms with Crippen LogP contribution in [0, 0.1) is 50.0 Å². The number of benzene rings is 5. The third-order valence-corrected chi connectivity index (χ3v) is 23.6. The first kappa shape index (κ1) is 108. The number of aliphatic hydroxyl groups excluding tert-OH is 7. The van der Waals surface area contributed by atoms with Crippen molar-refractivity contribution in [3.63, 3.8) is 0 Å². The molecule has 2 saturated carbocycles. The van der Waals surface area contributed by atoms with Gasteiger partial charge in [0.15, 0.2) is 6.29 Å². The Bertz CT molecular complexity index is 5690. The van der Waals surface area contributed by atoms with E-state index in [1.54, 1.807) is 25.5 Å². The van der Waals surface area contributed by atoms with Crippen molar-refractivity contribution in [1.82, 2.24) is 67.5 Å². The second-order valence-electron chi connectivity index (χ2n) is 30.4. The third-order valence-electron chi connectivity index (χ3n) is 21.3. The Morgan fingerprint density at radius 3 is 1.15 bits per heavy atom. The molecule has 0 spiro atoms. The normalized spacial score (nSPS) is 16.8. The Labute approximate surface area is 814 Å². The second kappa shape index (κ2) is 57.1. The zero-order valence-corrected chi connectivity index (χ0v) is 79.9. The van der Waals surface area contributed by atoms with Gasteiger partial charge in [-0.3, -0.25) is 4.79 Å². The summed E-state index contributed by atoms with van der Waals surface area (Å²) in [6, 6.07) is 59.2. The Morgan fingerprint density at radius 2 is 0.835 bits per heavy atom. The number of rotatable bonds is 24. The van der Waals surface area contributed by atoms with Crippen LogP contribution in [0.25, 0.3) is 0 Å². The van der Waals surface area contributed by atoms with Gasteiger partial charge in [0.25, 0.3) is 0 Å². The number of hydrogen-bond acceptors (Lipinski definition) is 22. The number of nitrogens with zero attached hydrogens (tertiary/aromatic N) is 13. The predicted molar refractivity (Wildman–Crippen MR) is 515 cm³/mol. The molecule has 3 unspecified atom stereocenters. The summed E-state index contributed by atoms with van der Waals surface area (Å²) in [6.45, 7) is 17.8. The summed E-state index contributed by atoms with van der Waals surface area (Å²) < 4.78 is 66.7. The summed E-state index contributed by atoms with van der Waals surface area (Å²) in [5.41, 5.74) is 16.4. The van der Waals surface area contributed by atoms with Crippen LogP contribution >= 0.6 is 69.2 Å². The molecule has 2 fully saturated rings. The maximum atomic E-state index is 14.5. The molecule has 11 atom stereocenters. The van der Waals surface area contributed by atoms with Crippen molar-refractivity contribution in [2.24, 2.45) is 11.8 Å². The van der Waals surface area contributed by atoms with E-state index in [0.29, 0.717) is 65.3 Å². The van der Waals surface area contributed by atoms with Gasteiger partial charge in [0.05, 0.1) is 40.0 Å². The molecule has 35 heteroatoms. The fourth-order valence-corrected chi connectivity index (χ4v) is 15.3. The molecule has 16 rings (SSSR count). The van der Waals surface area contributed by atoms with Crippen LogP contribution in [0.1, 0.15) is 171 Å². The quantitative estimate of drug-likeness (QED) is 0.00677. The van der Waals surface area contributed by atoms with Crippen molar-refractivity contribution in [3.8, 4) is 0 Å². The number of alkyl halides is 2. The number of aryl methyl sites for hydroxylation is 5. The first-order valence-electron chi connectivity index (χ1n) is 42.5. The van der Waals surface area contributed by atoms with Crippen LogP contribution in [0.5, 0.6) is 0 Å². The number of nitrogens with one attached hydrogen (secondary N) is 2. The number of hydrogen-bond donors (Lipinski definition) is 9. The molecule has 0 amide bonds. The van der Waals surface area contributed by atoms with E-state index in [1.807, 2.05) is 206 Å². The van der Waals surface area contributed by atoms with Gasteiger partial charge in [-0.2, -0.15) is 0 Å². The first-order valence-corrected chi connectivity index (χ1v) is 45.4. The van der Waals surface area contributed by atoms with E-state index in [0.717, 1.165) is 86.8 Å². The van der Waals surface area contributed by atoms with Crippen molar-refractivity contribution in [1.29, 1.82) is 0 Å². The molecule has 14 aromatic rings. The molecule has 2 aliphatic rings. The van der Waals surface area contributed by atoms with Crippen LogP contribution < -0.4 is 10.2 Å². The van der Waals surface area contributed by atoms with E-state index < -0.39 is 75.7 Å². The molecule has 5 aromatic carbocycles. The van der Waals surface area contributed by atoms with Gasteiger partial charge >= 0.3 is 28.5 Å². The average Bonchev–Trinajstić information content (AvgIpc) is 1.65. The van der Waals surface area contributed by atoms with Gasteiger partial charge in [0.2, 0.25) is 0 Å². The van der Waals surface area contributed by atoms with E-state index >= 15 is 0 Å². The summed E-state index contributed by atoms with van der Waals surface area (Å²) in [7, 11) is 0. The number of esters is 1. The molecule has 2 aliphatic carbocycles. The molecule has 0 saturated heterocycles.